The molecule has 0 unspecified atom stereocenters. The molecule has 1 aromatic heterocycles. The number of benzene rings is 2. The number of nitrogens with zero attached hydrogens (tertiary/aromatic N) is 4. The van der Waals surface area contributed by atoms with Gasteiger partial charge in [0.15, 0.2) is 5.13 Å². The molecule has 1 aliphatic rings. The number of nitriles is 1. The molecule has 1 aliphatic heterocycles. The Labute approximate surface area is 184 Å². The topological polar surface area (TPSA) is 86.2 Å². The first-order valence-electron chi connectivity index (χ1n) is 9.47. The molecular weight excluding hydrogens is 414 g/mol. The predicted octanol–water partition coefficient (Wildman–Crippen LogP) is 4.06. The molecule has 6 nitrogen and oxygen atoms in total. The van der Waals surface area contributed by atoms with Crippen LogP contribution in [0, 0.1) is 24.2 Å². The van der Waals surface area contributed by atoms with E-state index in [9.17, 15) is 4.79 Å². The van der Waals surface area contributed by atoms with E-state index in [1.165, 1.54) is 23.3 Å². The van der Waals surface area contributed by atoms with Crippen LogP contribution in [-0.4, -0.2) is 31.0 Å². The van der Waals surface area contributed by atoms with E-state index in [2.05, 4.69) is 40.2 Å². The summed E-state index contributed by atoms with van der Waals surface area (Å²) in [5, 5.41) is 15.4. The zero-order chi connectivity index (χ0) is 21.3. The monoisotopic (exact) mass is 435 g/mol. The lowest BCUT2D eigenvalue weighted by Gasteiger charge is -2.41. The third kappa shape index (κ3) is 3.92. The number of hydrogen-bond acceptors (Lipinski definition) is 7. The van der Waals surface area contributed by atoms with Gasteiger partial charge in [-0.1, -0.05) is 35.6 Å². The molecule has 2 N–H and O–H groups in total. The molecule has 0 atom stereocenters. The van der Waals surface area contributed by atoms with Gasteiger partial charge in [0.05, 0.1) is 27.5 Å². The highest BCUT2D eigenvalue weighted by Gasteiger charge is 2.35. The van der Waals surface area contributed by atoms with Gasteiger partial charge in [-0.3, -0.25) is 14.8 Å². The Hall–Kier alpha value is -2.86. The van der Waals surface area contributed by atoms with E-state index in [1.54, 1.807) is 18.0 Å². The van der Waals surface area contributed by atoms with Crippen LogP contribution < -0.4 is 14.9 Å². The maximum Gasteiger partial charge on any atom is 0.235 e. The fraction of sp³-hybridized carbons (Fsp3) is 0.227. The van der Waals surface area contributed by atoms with Gasteiger partial charge in [0.2, 0.25) is 5.91 Å². The van der Waals surface area contributed by atoms with Crippen LogP contribution in [0.2, 0.25) is 0 Å². The molecule has 152 valence electrons. The van der Waals surface area contributed by atoms with Gasteiger partial charge in [0, 0.05) is 25.8 Å². The normalized spacial score (nSPS) is 13.6. The second-order valence-electron chi connectivity index (χ2n) is 7.23. The summed E-state index contributed by atoms with van der Waals surface area (Å²) in [7, 11) is 1.78. The zero-order valence-corrected chi connectivity index (χ0v) is 18.3. The van der Waals surface area contributed by atoms with E-state index in [1.807, 2.05) is 25.1 Å². The third-order valence-corrected chi connectivity index (χ3v) is 7.33. The molecule has 0 spiro atoms. The number of aryl methyl sites for hydroxylation is 1. The highest BCUT2D eigenvalue weighted by Crippen LogP contribution is 2.33. The quantitative estimate of drug-likeness (QED) is 0.609. The second kappa shape index (κ2) is 8.48. The third-order valence-electron chi connectivity index (χ3n) is 5.26. The van der Waals surface area contributed by atoms with E-state index in [4.69, 9.17) is 10.4 Å². The summed E-state index contributed by atoms with van der Waals surface area (Å²) < 4.78 is 0.931. The van der Waals surface area contributed by atoms with Crippen LogP contribution in [0.1, 0.15) is 11.3 Å². The summed E-state index contributed by atoms with van der Waals surface area (Å²) >= 11 is 2.61. The van der Waals surface area contributed by atoms with Crippen molar-refractivity contribution in [2.24, 2.45) is 11.1 Å². The molecule has 2 aromatic carbocycles. The largest absolute Gasteiger partial charge is 0.370 e. The molecule has 1 fully saturated rings. The number of nitrogens with two attached hydrogens (primary N) is 1. The molecule has 1 amide bonds. The number of aromatic nitrogens is 1. The number of thiazole rings is 1. The summed E-state index contributed by atoms with van der Waals surface area (Å²) in [5.41, 5.74) is 4.69. The summed E-state index contributed by atoms with van der Waals surface area (Å²) in [6.07, 6.45) is 0. The number of carbonyl (C=O) groups is 1. The first-order valence-corrected chi connectivity index (χ1v) is 11.2. The minimum Gasteiger partial charge on any atom is -0.370 e. The second-order valence-corrected chi connectivity index (χ2v) is 9.11. The molecule has 1 saturated heterocycles. The van der Waals surface area contributed by atoms with Gasteiger partial charge in [-0.05, 0) is 54.3 Å². The Morgan fingerprint density at radius 2 is 2.00 bits per heavy atom. The summed E-state index contributed by atoms with van der Waals surface area (Å²) in [4.78, 5) is 21.1. The SMILES string of the molecule is Cc1nc(N(C)C(=O)C2CN(c3ccc(-c4cccc(C#N)c4)cc3)C2)sc1SN. The minimum atomic E-state index is -0.0415. The number of amides is 1. The average Bonchev–Trinajstić information content (AvgIpc) is 3.13. The van der Waals surface area contributed by atoms with Gasteiger partial charge in [0.25, 0.3) is 0 Å². The van der Waals surface area contributed by atoms with E-state index < -0.39 is 0 Å². The van der Waals surface area contributed by atoms with Crippen molar-refractivity contribution in [2.45, 2.75) is 11.1 Å². The molecular formula is C22H21N5OS2. The molecule has 4 rings (SSSR count). The van der Waals surface area contributed by atoms with Crippen molar-refractivity contribution in [3.8, 4) is 17.2 Å². The standard InChI is InChI=1S/C22H21N5OS2/c1-14-21(30-24)29-22(25-14)26(2)20(28)18-12-27(13-18)19-8-6-16(7-9-19)17-5-3-4-15(10-17)11-23/h3-10,18H,12-13,24H2,1-2H3. The van der Waals surface area contributed by atoms with Crippen molar-refractivity contribution < 1.29 is 4.79 Å². The van der Waals surface area contributed by atoms with Crippen LogP contribution >= 0.6 is 23.3 Å². The van der Waals surface area contributed by atoms with Gasteiger partial charge in [-0.2, -0.15) is 5.26 Å². The lowest BCUT2D eigenvalue weighted by atomic mass is 9.97. The van der Waals surface area contributed by atoms with Crippen molar-refractivity contribution >= 4 is 40.0 Å². The van der Waals surface area contributed by atoms with Crippen LogP contribution in [0.3, 0.4) is 0 Å². The van der Waals surface area contributed by atoms with Gasteiger partial charge in [-0.15, -0.1) is 0 Å². The maximum atomic E-state index is 12.8. The van der Waals surface area contributed by atoms with Crippen molar-refractivity contribution in [1.29, 1.82) is 5.26 Å². The van der Waals surface area contributed by atoms with Crippen LogP contribution in [-0.2, 0) is 4.79 Å². The van der Waals surface area contributed by atoms with Gasteiger partial charge in [0.1, 0.15) is 0 Å². The number of hydrogen-bond donors (Lipinski definition) is 1. The molecule has 30 heavy (non-hydrogen) atoms. The average molecular weight is 436 g/mol. The highest BCUT2D eigenvalue weighted by atomic mass is 32.2. The number of carbonyl (C=O) groups excluding carboxylic acids is 1. The zero-order valence-electron chi connectivity index (χ0n) is 16.7. The molecule has 0 bridgehead atoms. The van der Waals surface area contributed by atoms with E-state index in [0.29, 0.717) is 23.8 Å². The fourth-order valence-corrected chi connectivity index (χ4v) is 4.87. The smallest absolute Gasteiger partial charge is 0.235 e. The number of rotatable bonds is 5. The van der Waals surface area contributed by atoms with Gasteiger partial charge in [-0.25, -0.2) is 4.98 Å². The van der Waals surface area contributed by atoms with Gasteiger partial charge < -0.3 is 4.90 Å². The van der Waals surface area contributed by atoms with Crippen LogP contribution in [0.5, 0.6) is 0 Å². The van der Waals surface area contributed by atoms with Crippen LogP contribution in [0.15, 0.2) is 52.7 Å². The van der Waals surface area contributed by atoms with Crippen molar-refractivity contribution in [1.82, 2.24) is 4.98 Å². The van der Waals surface area contributed by atoms with Crippen molar-refractivity contribution in [3.05, 3.63) is 59.8 Å². The Bertz CT molecular complexity index is 1110. The Morgan fingerprint density at radius 1 is 1.27 bits per heavy atom. The molecule has 0 saturated carbocycles. The first-order chi connectivity index (χ1) is 14.5. The Balaban J connectivity index is 1.39. The predicted molar refractivity (Wildman–Crippen MR) is 123 cm³/mol. The molecule has 3 aromatic rings. The van der Waals surface area contributed by atoms with E-state index >= 15 is 0 Å². The van der Waals surface area contributed by atoms with Crippen LogP contribution in [0.25, 0.3) is 11.1 Å². The lowest BCUT2D eigenvalue weighted by molar-refractivity contribution is -0.122. The molecule has 8 heteroatoms. The van der Waals surface area contributed by atoms with Crippen LogP contribution in [0.4, 0.5) is 10.8 Å². The molecule has 2 heterocycles. The minimum absolute atomic E-state index is 0.0415. The maximum absolute atomic E-state index is 12.8. The molecule has 0 aliphatic carbocycles. The highest BCUT2D eigenvalue weighted by molar-refractivity contribution is 7.99. The Kier molecular flexibility index (Phi) is 5.77. The van der Waals surface area contributed by atoms with Gasteiger partial charge >= 0.3 is 0 Å². The van der Waals surface area contributed by atoms with Crippen molar-refractivity contribution in [3.63, 3.8) is 0 Å². The fourth-order valence-electron chi connectivity index (χ4n) is 3.47. The first kappa shape index (κ1) is 20.4. The summed E-state index contributed by atoms with van der Waals surface area (Å²) in [6, 6.07) is 18.0. The lowest BCUT2D eigenvalue weighted by Crippen LogP contribution is -2.54. The molecule has 0 radical (unpaired) electrons. The summed E-state index contributed by atoms with van der Waals surface area (Å²) in [6.45, 7) is 3.28. The van der Waals surface area contributed by atoms with E-state index in [-0.39, 0.29) is 11.8 Å². The number of anilines is 2. The Morgan fingerprint density at radius 3 is 2.63 bits per heavy atom. The van der Waals surface area contributed by atoms with E-state index in [0.717, 1.165) is 26.7 Å². The van der Waals surface area contributed by atoms with Crippen molar-refractivity contribution in [2.75, 3.05) is 29.9 Å². The summed E-state index contributed by atoms with van der Waals surface area (Å²) in [5.74, 6) is 0.0404.